The summed E-state index contributed by atoms with van der Waals surface area (Å²) in [5.41, 5.74) is 4.55. The zero-order valence-electron chi connectivity index (χ0n) is 15.8. The quantitative estimate of drug-likeness (QED) is 0.742. The second-order valence-electron chi connectivity index (χ2n) is 7.23. The monoisotopic (exact) mass is 367 g/mol. The minimum Gasteiger partial charge on any atom is -0.387 e. The molecule has 7 nitrogen and oxygen atoms in total. The molecule has 1 aromatic carbocycles. The number of aromatic amines is 1. The van der Waals surface area contributed by atoms with Gasteiger partial charge in [0.1, 0.15) is 5.82 Å². The lowest BCUT2D eigenvalue weighted by Gasteiger charge is -2.20. The van der Waals surface area contributed by atoms with E-state index in [0.717, 1.165) is 47.6 Å². The predicted molar refractivity (Wildman–Crippen MR) is 102 cm³/mol. The molecule has 0 saturated heterocycles. The Labute approximate surface area is 158 Å². The summed E-state index contributed by atoms with van der Waals surface area (Å²) in [5.74, 6) is 0.983. The van der Waals surface area contributed by atoms with E-state index in [1.54, 1.807) is 0 Å². The molecule has 0 aliphatic carbocycles. The molecule has 2 N–H and O–H groups in total. The SMILES string of the molecule is CC[C@@H](O)c1cc2n(n1)CCCN(C(=O)Cc1ccc3nc(C)[nH]c3c1)C2. The summed E-state index contributed by atoms with van der Waals surface area (Å²) < 4.78 is 1.93. The zero-order valence-corrected chi connectivity index (χ0v) is 15.8. The van der Waals surface area contributed by atoms with Gasteiger partial charge in [-0.05, 0) is 43.5 Å². The van der Waals surface area contributed by atoms with Gasteiger partial charge in [-0.3, -0.25) is 9.48 Å². The fourth-order valence-electron chi connectivity index (χ4n) is 3.65. The van der Waals surface area contributed by atoms with Crippen LogP contribution in [0, 0.1) is 6.92 Å². The Morgan fingerprint density at radius 2 is 2.19 bits per heavy atom. The van der Waals surface area contributed by atoms with Crippen LogP contribution in [0.4, 0.5) is 0 Å². The number of carbonyl (C=O) groups is 1. The van der Waals surface area contributed by atoms with Crippen LogP contribution in [0.1, 0.15) is 48.6 Å². The summed E-state index contributed by atoms with van der Waals surface area (Å²) >= 11 is 0. The van der Waals surface area contributed by atoms with Crippen molar-refractivity contribution in [2.24, 2.45) is 0 Å². The van der Waals surface area contributed by atoms with Gasteiger partial charge in [0.2, 0.25) is 5.91 Å². The number of fused-ring (bicyclic) bond motifs is 2. The highest BCUT2D eigenvalue weighted by molar-refractivity contribution is 5.81. The van der Waals surface area contributed by atoms with Gasteiger partial charge in [-0.1, -0.05) is 13.0 Å². The van der Waals surface area contributed by atoms with Gasteiger partial charge in [-0.2, -0.15) is 5.10 Å². The normalized spacial score (nSPS) is 15.6. The van der Waals surface area contributed by atoms with Gasteiger partial charge in [-0.25, -0.2) is 4.98 Å². The maximum atomic E-state index is 12.9. The zero-order chi connectivity index (χ0) is 19.0. The Balaban J connectivity index is 1.50. The van der Waals surface area contributed by atoms with Gasteiger partial charge in [0.05, 0.1) is 41.5 Å². The first-order valence-electron chi connectivity index (χ1n) is 9.51. The molecule has 1 aliphatic rings. The lowest BCUT2D eigenvalue weighted by Crippen LogP contribution is -2.32. The van der Waals surface area contributed by atoms with Crippen LogP contribution < -0.4 is 0 Å². The van der Waals surface area contributed by atoms with Crippen LogP contribution in [0.25, 0.3) is 11.0 Å². The van der Waals surface area contributed by atoms with Crippen molar-refractivity contribution < 1.29 is 9.90 Å². The topological polar surface area (TPSA) is 87.0 Å². The molecule has 7 heteroatoms. The first-order chi connectivity index (χ1) is 13.0. The van der Waals surface area contributed by atoms with E-state index in [9.17, 15) is 9.90 Å². The largest absolute Gasteiger partial charge is 0.387 e. The molecule has 3 aromatic rings. The molecule has 0 saturated carbocycles. The van der Waals surface area contributed by atoms with Crippen molar-refractivity contribution in [2.75, 3.05) is 6.54 Å². The summed E-state index contributed by atoms with van der Waals surface area (Å²) in [5, 5.41) is 14.6. The van der Waals surface area contributed by atoms with E-state index in [0.29, 0.717) is 25.1 Å². The second kappa shape index (κ2) is 7.15. The number of amides is 1. The highest BCUT2D eigenvalue weighted by atomic mass is 16.3. The van der Waals surface area contributed by atoms with Crippen molar-refractivity contribution in [1.82, 2.24) is 24.6 Å². The van der Waals surface area contributed by atoms with Crippen LogP contribution >= 0.6 is 0 Å². The molecule has 3 heterocycles. The number of rotatable bonds is 4. The van der Waals surface area contributed by atoms with Crippen LogP contribution in [-0.2, 0) is 24.3 Å². The fraction of sp³-hybridized carbons (Fsp3) is 0.450. The number of aryl methyl sites for hydroxylation is 2. The van der Waals surface area contributed by atoms with E-state index in [1.807, 2.05) is 47.7 Å². The number of aromatic nitrogens is 4. The Hall–Kier alpha value is -2.67. The van der Waals surface area contributed by atoms with Gasteiger partial charge < -0.3 is 15.0 Å². The smallest absolute Gasteiger partial charge is 0.227 e. The lowest BCUT2D eigenvalue weighted by atomic mass is 10.1. The molecule has 142 valence electrons. The summed E-state index contributed by atoms with van der Waals surface area (Å²) in [6, 6.07) is 7.86. The number of nitrogens with one attached hydrogen (secondary N) is 1. The van der Waals surface area contributed by atoms with Crippen LogP contribution in [0.15, 0.2) is 24.3 Å². The Morgan fingerprint density at radius 3 is 3.00 bits per heavy atom. The number of benzene rings is 1. The molecule has 0 bridgehead atoms. The Kier molecular flexibility index (Phi) is 4.70. The van der Waals surface area contributed by atoms with E-state index < -0.39 is 6.10 Å². The number of nitrogens with zero attached hydrogens (tertiary/aromatic N) is 4. The number of hydrogen-bond donors (Lipinski definition) is 2. The van der Waals surface area contributed by atoms with E-state index in [4.69, 9.17) is 0 Å². The molecule has 27 heavy (non-hydrogen) atoms. The van der Waals surface area contributed by atoms with Crippen LogP contribution in [0.3, 0.4) is 0 Å². The van der Waals surface area contributed by atoms with E-state index in [2.05, 4.69) is 15.1 Å². The Morgan fingerprint density at radius 1 is 1.33 bits per heavy atom. The van der Waals surface area contributed by atoms with Crippen molar-refractivity contribution in [2.45, 2.75) is 52.3 Å². The van der Waals surface area contributed by atoms with Crippen molar-refractivity contribution >= 4 is 16.9 Å². The number of H-pyrrole nitrogens is 1. The van der Waals surface area contributed by atoms with Gasteiger partial charge in [0.15, 0.2) is 0 Å². The lowest BCUT2D eigenvalue weighted by molar-refractivity contribution is -0.131. The Bertz CT molecular complexity index is 974. The highest BCUT2D eigenvalue weighted by Gasteiger charge is 2.22. The summed E-state index contributed by atoms with van der Waals surface area (Å²) in [6.45, 7) is 5.89. The van der Waals surface area contributed by atoms with Crippen LogP contribution in [-0.4, -0.2) is 42.2 Å². The van der Waals surface area contributed by atoms with Gasteiger partial charge >= 0.3 is 0 Å². The third-order valence-corrected chi connectivity index (χ3v) is 5.13. The highest BCUT2D eigenvalue weighted by Crippen LogP contribution is 2.21. The van der Waals surface area contributed by atoms with Crippen molar-refractivity contribution in [3.05, 3.63) is 47.0 Å². The molecule has 0 spiro atoms. The summed E-state index contributed by atoms with van der Waals surface area (Å²) in [6.07, 6.45) is 1.32. The summed E-state index contributed by atoms with van der Waals surface area (Å²) in [7, 11) is 0. The van der Waals surface area contributed by atoms with Gasteiger partial charge in [0.25, 0.3) is 0 Å². The van der Waals surface area contributed by atoms with Crippen LogP contribution in [0.2, 0.25) is 0 Å². The number of aliphatic hydroxyl groups is 1. The minimum atomic E-state index is -0.543. The van der Waals surface area contributed by atoms with Crippen molar-refractivity contribution in [1.29, 1.82) is 0 Å². The standard InChI is InChI=1S/C20H25N5O2/c1-3-19(26)18-11-15-12-24(7-4-8-25(15)23-18)20(27)10-14-5-6-16-17(9-14)22-13(2)21-16/h5-6,9,11,19,26H,3-4,7-8,10,12H2,1-2H3,(H,21,22)/t19-/m1/s1. The summed E-state index contributed by atoms with van der Waals surface area (Å²) in [4.78, 5) is 22.4. The molecule has 0 fully saturated rings. The van der Waals surface area contributed by atoms with E-state index in [1.165, 1.54) is 0 Å². The second-order valence-corrected chi connectivity index (χ2v) is 7.23. The van der Waals surface area contributed by atoms with E-state index in [-0.39, 0.29) is 5.91 Å². The maximum absolute atomic E-state index is 12.9. The molecule has 0 radical (unpaired) electrons. The molecular formula is C20H25N5O2. The minimum absolute atomic E-state index is 0.109. The van der Waals surface area contributed by atoms with Gasteiger partial charge in [0, 0.05) is 13.1 Å². The molecule has 0 unspecified atom stereocenters. The predicted octanol–water partition coefficient (Wildman–Crippen LogP) is 2.49. The fourth-order valence-corrected chi connectivity index (χ4v) is 3.65. The maximum Gasteiger partial charge on any atom is 0.227 e. The third kappa shape index (κ3) is 3.60. The van der Waals surface area contributed by atoms with Crippen molar-refractivity contribution in [3.63, 3.8) is 0 Å². The molecular weight excluding hydrogens is 342 g/mol. The number of imidazole rings is 1. The molecule has 2 aromatic heterocycles. The van der Waals surface area contributed by atoms with Crippen molar-refractivity contribution in [3.8, 4) is 0 Å². The van der Waals surface area contributed by atoms with Gasteiger partial charge in [-0.15, -0.1) is 0 Å². The van der Waals surface area contributed by atoms with E-state index >= 15 is 0 Å². The number of hydrogen-bond acceptors (Lipinski definition) is 4. The average Bonchev–Trinajstić information content (AvgIpc) is 3.16. The average molecular weight is 367 g/mol. The van der Waals surface area contributed by atoms with Crippen LogP contribution in [0.5, 0.6) is 0 Å². The molecule has 1 aliphatic heterocycles. The first kappa shape index (κ1) is 17.7. The number of aliphatic hydroxyl groups excluding tert-OH is 1. The third-order valence-electron chi connectivity index (χ3n) is 5.13. The molecule has 1 atom stereocenters. The number of carbonyl (C=O) groups excluding carboxylic acids is 1. The first-order valence-corrected chi connectivity index (χ1v) is 9.51. The molecule has 1 amide bonds. The molecule has 4 rings (SSSR count).